The van der Waals surface area contributed by atoms with Crippen LogP contribution in [0.3, 0.4) is 0 Å². The summed E-state index contributed by atoms with van der Waals surface area (Å²) in [6.45, 7) is 9.67. The van der Waals surface area contributed by atoms with E-state index in [0.717, 1.165) is 50.3 Å². The monoisotopic (exact) mass is 386 g/mol. The maximum atomic E-state index is 12.6. The van der Waals surface area contributed by atoms with E-state index in [1.807, 2.05) is 31.2 Å². The summed E-state index contributed by atoms with van der Waals surface area (Å²) in [5, 5.41) is 5.72. The van der Waals surface area contributed by atoms with Gasteiger partial charge in [0.1, 0.15) is 0 Å². The zero-order valence-electron chi connectivity index (χ0n) is 17.0. The van der Waals surface area contributed by atoms with Crippen molar-refractivity contribution in [2.24, 2.45) is 0 Å². The summed E-state index contributed by atoms with van der Waals surface area (Å²) in [5.74, 6) is -0.419. The van der Waals surface area contributed by atoms with Crippen LogP contribution in [0.5, 0.6) is 0 Å². The topological polar surface area (TPSA) is 73.9 Å². The Labute approximate surface area is 166 Å². The second kappa shape index (κ2) is 9.21. The number of hydrogen-bond acceptors (Lipinski definition) is 5. The highest BCUT2D eigenvalue weighted by molar-refractivity contribution is 5.95. The molecule has 0 bridgehead atoms. The highest BCUT2D eigenvalue weighted by atomic mass is 16.5. The third-order valence-electron chi connectivity index (χ3n) is 5.36. The van der Waals surface area contributed by atoms with E-state index >= 15 is 0 Å². The molecule has 2 heterocycles. The lowest BCUT2D eigenvalue weighted by Gasteiger charge is -2.37. The average molecular weight is 386 g/mol. The quantitative estimate of drug-likeness (QED) is 0.730. The Bertz CT molecular complexity index is 737. The molecule has 1 saturated heterocycles. The van der Waals surface area contributed by atoms with Gasteiger partial charge in [0.25, 0.3) is 0 Å². The van der Waals surface area contributed by atoms with Gasteiger partial charge in [0.15, 0.2) is 0 Å². The zero-order chi connectivity index (χ0) is 20.1. The lowest BCUT2D eigenvalue weighted by atomic mass is 9.94. The molecule has 1 aromatic rings. The first-order chi connectivity index (χ1) is 13.5. The molecule has 0 spiro atoms. The summed E-state index contributed by atoms with van der Waals surface area (Å²) in [6, 6.07) is 7.03. The molecule has 152 valence electrons. The lowest BCUT2D eigenvalue weighted by molar-refractivity contribution is -0.136. The minimum Gasteiger partial charge on any atom is -0.466 e. The Balaban J connectivity index is 1.85. The Morgan fingerprint density at radius 1 is 1.14 bits per heavy atom. The number of rotatable bonds is 6. The molecule has 0 aromatic heterocycles. The molecule has 1 unspecified atom stereocenters. The molecule has 7 nitrogen and oxygen atoms in total. The summed E-state index contributed by atoms with van der Waals surface area (Å²) >= 11 is 0. The molecule has 0 saturated carbocycles. The van der Waals surface area contributed by atoms with Gasteiger partial charge in [-0.15, -0.1) is 0 Å². The predicted molar refractivity (Wildman–Crippen MR) is 108 cm³/mol. The Morgan fingerprint density at radius 2 is 1.79 bits per heavy atom. The lowest BCUT2D eigenvalue weighted by Crippen LogP contribution is -2.51. The molecule has 1 atom stereocenters. The number of aryl methyl sites for hydroxylation is 1. The van der Waals surface area contributed by atoms with E-state index in [-0.39, 0.29) is 6.03 Å². The molecule has 0 radical (unpaired) electrons. The number of benzene rings is 1. The molecular formula is C21H30N4O3. The van der Waals surface area contributed by atoms with E-state index in [1.165, 1.54) is 7.11 Å². The van der Waals surface area contributed by atoms with E-state index in [0.29, 0.717) is 17.8 Å². The van der Waals surface area contributed by atoms with Gasteiger partial charge in [0.05, 0.1) is 18.7 Å². The minimum atomic E-state index is -0.516. The van der Waals surface area contributed by atoms with Crippen molar-refractivity contribution in [3.63, 3.8) is 0 Å². The summed E-state index contributed by atoms with van der Waals surface area (Å²) in [4.78, 5) is 29.7. The van der Waals surface area contributed by atoms with Crippen molar-refractivity contribution in [2.75, 3.05) is 46.4 Å². The SMILES string of the molecule is CCCN1CCN(CC2=C(C(=O)OC)C(c3ccc(C)cc3)NC(=O)N2)CC1. The van der Waals surface area contributed by atoms with Gasteiger partial charge in [-0.05, 0) is 25.5 Å². The Kier molecular flexibility index (Phi) is 6.70. The summed E-state index contributed by atoms with van der Waals surface area (Å²) in [5.41, 5.74) is 3.09. The average Bonchev–Trinajstić information content (AvgIpc) is 2.69. The van der Waals surface area contributed by atoms with Crippen LogP contribution < -0.4 is 10.6 Å². The fourth-order valence-electron chi connectivity index (χ4n) is 3.81. The Hall–Kier alpha value is -2.38. The standard InChI is InChI=1S/C21H30N4O3/c1-4-9-24-10-12-25(13-11-24)14-17-18(20(26)28-3)19(23-21(27)22-17)16-7-5-15(2)6-8-16/h5-8,19H,4,9-14H2,1-3H3,(H2,22,23,27). The first-order valence-electron chi connectivity index (χ1n) is 9.92. The number of nitrogens with one attached hydrogen (secondary N) is 2. The normalized spacial score (nSPS) is 21.2. The molecule has 2 aliphatic heterocycles. The largest absolute Gasteiger partial charge is 0.466 e. The van der Waals surface area contributed by atoms with Crippen molar-refractivity contribution in [1.29, 1.82) is 0 Å². The van der Waals surface area contributed by atoms with Gasteiger partial charge < -0.3 is 20.3 Å². The van der Waals surface area contributed by atoms with Crippen LogP contribution in [0, 0.1) is 6.92 Å². The first-order valence-corrected chi connectivity index (χ1v) is 9.92. The number of ether oxygens (including phenoxy) is 1. The van der Waals surface area contributed by atoms with E-state index in [2.05, 4.69) is 27.4 Å². The molecule has 7 heteroatoms. The molecule has 1 fully saturated rings. The molecule has 3 rings (SSSR count). The van der Waals surface area contributed by atoms with Crippen molar-refractivity contribution in [3.8, 4) is 0 Å². The van der Waals surface area contributed by atoms with Gasteiger partial charge in [-0.1, -0.05) is 36.8 Å². The van der Waals surface area contributed by atoms with Crippen molar-refractivity contribution < 1.29 is 14.3 Å². The van der Waals surface area contributed by atoms with Crippen LogP contribution in [-0.2, 0) is 9.53 Å². The van der Waals surface area contributed by atoms with E-state index in [9.17, 15) is 9.59 Å². The molecule has 2 N–H and O–H groups in total. The molecule has 1 aromatic carbocycles. The summed E-state index contributed by atoms with van der Waals surface area (Å²) in [6.07, 6.45) is 1.15. The first kappa shape index (κ1) is 20.4. The number of hydrogen-bond donors (Lipinski definition) is 2. The minimum absolute atomic E-state index is 0.294. The maximum Gasteiger partial charge on any atom is 0.338 e. The van der Waals surface area contributed by atoms with Crippen molar-refractivity contribution in [1.82, 2.24) is 20.4 Å². The molecular weight excluding hydrogens is 356 g/mol. The highest BCUT2D eigenvalue weighted by Crippen LogP contribution is 2.28. The van der Waals surface area contributed by atoms with Crippen LogP contribution in [0.1, 0.15) is 30.5 Å². The Morgan fingerprint density at radius 3 is 2.39 bits per heavy atom. The number of methoxy groups -OCH3 is 1. The van der Waals surface area contributed by atoms with Crippen LogP contribution in [0.4, 0.5) is 4.79 Å². The van der Waals surface area contributed by atoms with Crippen LogP contribution in [-0.4, -0.2) is 68.2 Å². The highest BCUT2D eigenvalue weighted by Gasteiger charge is 2.34. The number of piperazine rings is 1. The van der Waals surface area contributed by atoms with Gasteiger partial charge in [0.2, 0.25) is 0 Å². The van der Waals surface area contributed by atoms with Crippen molar-refractivity contribution in [2.45, 2.75) is 26.3 Å². The van der Waals surface area contributed by atoms with E-state index in [1.54, 1.807) is 0 Å². The number of amides is 2. The summed E-state index contributed by atoms with van der Waals surface area (Å²) < 4.78 is 5.05. The fraction of sp³-hybridized carbons (Fsp3) is 0.524. The number of carbonyl (C=O) groups excluding carboxylic acids is 2. The molecule has 28 heavy (non-hydrogen) atoms. The fourth-order valence-corrected chi connectivity index (χ4v) is 3.81. The van der Waals surface area contributed by atoms with E-state index < -0.39 is 12.0 Å². The van der Waals surface area contributed by atoms with Crippen LogP contribution in [0.15, 0.2) is 35.5 Å². The van der Waals surface area contributed by atoms with Gasteiger partial charge in [-0.2, -0.15) is 0 Å². The third-order valence-corrected chi connectivity index (χ3v) is 5.36. The van der Waals surface area contributed by atoms with Crippen LogP contribution in [0.2, 0.25) is 0 Å². The number of carbonyl (C=O) groups is 2. The molecule has 0 aliphatic carbocycles. The molecule has 2 amide bonds. The summed E-state index contributed by atoms with van der Waals surface area (Å²) in [7, 11) is 1.37. The van der Waals surface area contributed by atoms with Gasteiger partial charge in [0, 0.05) is 38.4 Å². The second-order valence-electron chi connectivity index (χ2n) is 7.44. The second-order valence-corrected chi connectivity index (χ2v) is 7.44. The third kappa shape index (κ3) is 4.72. The maximum absolute atomic E-state index is 12.6. The van der Waals surface area contributed by atoms with Crippen LogP contribution in [0.25, 0.3) is 0 Å². The van der Waals surface area contributed by atoms with Gasteiger partial charge in [-0.3, -0.25) is 4.90 Å². The number of esters is 1. The number of urea groups is 1. The van der Waals surface area contributed by atoms with Gasteiger partial charge in [-0.25, -0.2) is 9.59 Å². The zero-order valence-corrected chi connectivity index (χ0v) is 17.0. The van der Waals surface area contributed by atoms with E-state index in [4.69, 9.17) is 4.74 Å². The van der Waals surface area contributed by atoms with Gasteiger partial charge >= 0.3 is 12.0 Å². The van der Waals surface area contributed by atoms with Crippen molar-refractivity contribution >= 4 is 12.0 Å². The van der Waals surface area contributed by atoms with Crippen LogP contribution >= 0.6 is 0 Å². The predicted octanol–water partition coefficient (Wildman–Crippen LogP) is 1.80. The number of nitrogens with zero attached hydrogens (tertiary/aromatic N) is 2. The van der Waals surface area contributed by atoms with Crippen molar-refractivity contribution in [3.05, 3.63) is 46.7 Å². The molecule has 2 aliphatic rings. The smallest absolute Gasteiger partial charge is 0.338 e.